The Balaban J connectivity index is 0.00000341. The normalized spacial score (nSPS) is 10.4. The summed E-state index contributed by atoms with van der Waals surface area (Å²) in [6.45, 7) is 9.71. The maximum Gasteiger partial charge on any atom is 0.342 e. The van der Waals surface area contributed by atoms with Gasteiger partial charge in [0, 0.05) is 35.3 Å². The topological polar surface area (TPSA) is 49.7 Å². The fourth-order valence-corrected chi connectivity index (χ4v) is 3.27. The highest BCUT2D eigenvalue weighted by molar-refractivity contribution is 5.93. The lowest BCUT2D eigenvalue weighted by Gasteiger charge is -2.11. The highest BCUT2D eigenvalue weighted by atomic mass is 19.1. The third-order valence-electron chi connectivity index (χ3n) is 4.78. The van der Waals surface area contributed by atoms with Crippen LogP contribution in [0.15, 0.2) is 55.4 Å². The monoisotopic (exact) mass is 425 g/mol. The number of benzene rings is 2. The summed E-state index contributed by atoms with van der Waals surface area (Å²) in [7, 11) is 1.36. The van der Waals surface area contributed by atoms with Gasteiger partial charge >= 0.3 is 5.97 Å². The molecule has 0 aliphatic rings. The quantitative estimate of drug-likeness (QED) is 0.250. The number of carbonyl (C=O) groups is 1. The van der Waals surface area contributed by atoms with Crippen molar-refractivity contribution in [3.63, 3.8) is 0 Å². The first kappa shape index (κ1) is 23.9. The standard InChI is InChI=1S/C24H24FNO4.CH4/c1-6-29-24(27)19-11-10-17(12-23(19)30-28-5)26-13-20(15(2)3)21(14-26)18-8-7-9-22(25)16(18)4;/h7-14H,2,6H2,1,3-5H3;1H4. The third kappa shape index (κ3) is 4.86. The van der Waals surface area contributed by atoms with E-state index < -0.39 is 5.97 Å². The van der Waals surface area contributed by atoms with E-state index >= 15 is 0 Å². The molecular formula is C25H28FNO4. The number of ether oxygens (including phenoxy) is 1. The lowest BCUT2D eigenvalue weighted by molar-refractivity contribution is -0.178. The van der Waals surface area contributed by atoms with Crippen molar-refractivity contribution in [1.82, 2.24) is 4.57 Å². The van der Waals surface area contributed by atoms with Crippen LogP contribution in [0.5, 0.6) is 5.75 Å². The van der Waals surface area contributed by atoms with Gasteiger partial charge in [0.05, 0.1) is 13.7 Å². The van der Waals surface area contributed by atoms with Gasteiger partial charge in [0.2, 0.25) is 0 Å². The Labute approximate surface area is 182 Å². The SMILES string of the molecule is C.C=C(C)c1cn(-c2ccc(C(=O)OCC)c(OOC)c2)cc1-c1cccc(F)c1C. The van der Waals surface area contributed by atoms with Gasteiger partial charge < -0.3 is 14.2 Å². The molecule has 5 nitrogen and oxygen atoms in total. The zero-order valence-electron chi connectivity index (χ0n) is 17.5. The Kier molecular flexibility index (Phi) is 7.78. The molecule has 164 valence electrons. The molecule has 0 atom stereocenters. The van der Waals surface area contributed by atoms with E-state index in [2.05, 4.69) is 6.58 Å². The van der Waals surface area contributed by atoms with Crippen LogP contribution in [0.2, 0.25) is 0 Å². The van der Waals surface area contributed by atoms with Gasteiger partial charge in [-0.25, -0.2) is 9.18 Å². The van der Waals surface area contributed by atoms with E-state index in [1.807, 2.05) is 30.0 Å². The third-order valence-corrected chi connectivity index (χ3v) is 4.78. The summed E-state index contributed by atoms with van der Waals surface area (Å²) in [5, 5.41) is 0. The lowest BCUT2D eigenvalue weighted by atomic mass is 9.97. The molecule has 0 fully saturated rings. The summed E-state index contributed by atoms with van der Waals surface area (Å²) in [5.41, 5.74) is 4.97. The second-order valence-electron chi connectivity index (χ2n) is 6.84. The van der Waals surface area contributed by atoms with Gasteiger partial charge in [-0.3, -0.25) is 0 Å². The Morgan fingerprint density at radius 1 is 1.13 bits per heavy atom. The smallest absolute Gasteiger partial charge is 0.342 e. The van der Waals surface area contributed by atoms with Gasteiger partial charge in [0.1, 0.15) is 11.4 Å². The summed E-state index contributed by atoms with van der Waals surface area (Å²) < 4.78 is 21.1. The molecule has 3 rings (SSSR count). The van der Waals surface area contributed by atoms with Gasteiger partial charge in [-0.1, -0.05) is 26.1 Å². The molecule has 0 aliphatic carbocycles. The molecule has 0 aliphatic heterocycles. The fraction of sp³-hybridized carbons (Fsp3) is 0.240. The molecule has 0 spiro atoms. The molecule has 3 aromatic rings. The fourth-order valence-electron chi connectivity index (χ4n) is 3.27. The van der Waals surface area contributed by atoms with Crippen LogP contribution in [0.1, 0.15) is 42.8 Å². The maximum absolute atomic E-state index is 14.1. The zero-order valence-corrected chi connectivity index (χ0v) is 17.5. The number of allylic oxidation sites excluding steroid dienone is 1. The molecule has 1 heterocycles. The highest BCUT2D eigenvalue weighted by Gasteiger charge is 2.18. The molecule has 0 amide bonds. The van der Waals surface area contributed by atoms with Crippen molar-refractivity contribution < 1.29 is 23.7 Å². The molecule has 0 bridgehead atoms. The minimum absolute atomic E-state index is 0. The summed E-state index contributed by atoms with van der Waals surface area (Å²) in [4.78, 5) is 22.1. The van der Waals surface area contributed by atoms with Crippen LogP contribution in [0.4, 0.5) is 4.39 Å². The van der Waals surface area contributed by atoms with Crippen LogP contribution < -0.4 is 4.89 Å². The van der Waals surface area contributed by atoms with E-state index in [0.29, 0.717) is 5.56 Å². The van der Waals surface area contributed by atoms with Crippen LogP contribution in [0.3, 0.4) is 0 Å². The minimum atomic E-state index is -0.498. The van der Waals surface area contributed by atoms with E-state index in [4.69, 9.17) is 14.5 Å². The summed E-state index contributed by atoms with van der Waals surface area (Å²) in [6.07, 6.45) is 3.82. The molecule has 0 unspecified atom stereocenters. The Hall–Kier alpha value is -3.38. The molecular weight excluding hydrogens is 397 g/mol. The molecule has 2 aromatic carbocycles. The van der Waals surface area contributed by atoms with E-state index in [1.54, 1.807) is 38.1 Å². The predicted molar refractivity (Wildman–Crippen MR) is 121 cm³/mol. The molecule has 0 radical (unpaired) electrons. The average molecular weight is 426 g/mol. The first-order valence-electron chi connectivity index (χ1n) is 9.53. The minimum Gasteiger partial charge on any atom is -0.462 e. The van der Waals surface area contributed by atoms with E-state index in [1.165, 1.54) is 13.2 Å². The number of rotatable bonds is 7. The van der Waals surface area contributed by atoms with Crippen molar-refractivity contribution in [2.75, 3.05) is 13.7 Å². The number of aromatic nitrogens is 1. The van der Waals surface area contributed by atoms with Crippen LogP contribution in [0.25, 0.3) is 22.4 Å². The number of hydrogen-bond donors (Lipinski definition) is 0. The van der Waals surface area contributed by atoms with E-state index in [9.17, 15) is 9.18 Å². The average Bonchev–Trinajstić information content (AvgIpc) is 3.16. The van der Waals surface area contributed by atoms with Crippen LogP contribution >= 0.6 is 0 Å². The Morgan fingerprint density at radius 3 is 2.52 bits per heavy atom. The van der Waals surface area contributed by atoms with E-state index in [-0.39, 0.29) is 31.2 Å². The van der Waals surface area contributed by atoms with Gasteiger partial charge in [-0.2, -0.15) is 4.89 Å². The predicted octanol–water partition coefficient (Wildman–Crippen LogP) is 6.38. The van der Waals surface area contributed by atoms with Crippen molar-refractivity contribution in [3.8, 4) is 22.6 Å². The lowest BCUT2D eigenvalue weighted by Crippen LogP contribution is -2.08. The van der Waals surface area contributed by atoms with Crippen molar-refractivity contribution in [2.45, 2.75) is 28.2 Å². The Bertz CT molecular complexity index is 1100. The second kappa shape index (κ2) is 10.1. The molecule has 6 heteroatoms. The number of nitrogens with zero attached hydrogens (tertiary/aromatic N) is 1. The molecule has 0 saturated carbocycles. The van der Waals surface area contributed by atoms with Crippen molar-refractivity contribution in [2.24, 2.45) is 0 Å². The molecule has 0 saturated heterocycles. The van der Waals surface area contributed by atoms with Gasteiger partial charge in [0.15, 0.2) is 5.75 Å². The van der Waals surface area contributed by atoms with Crippen LogP contribution in [-0.2, 0) is 9.62 Å². The first-order valence-corrected chi connectivity index (χ1v) is 9.53. The van der Waals surface area contributed by atoms with Gasteiger partial charge in [0.25, 0.3) is 0 Å². The largest absolute Gasteiger partial charge is 0.462 e. The summed E-state index contributed by atoms with van der Waals surface area (Å²) in [6, 6.07) is 10.1. The van der Waals surface area contributed by atoms with Crippen LogP contribution in [0, 0.1) is 12.7 Å². The summed E-state index contributed by atoms with van der Waals surface area (Å²) in [5.74, 6) is -0.521. The van der Waals surface area contributed by atoms with E-state index in [0.717, 1.165) is 28.0 Å². The molecule has 31 heavy (non-hydrogen) atoms. The zero-order chi connectivity index (χ0) is 21.8. The van der Waals surface area contributed by atoms with Gasteiger partial charge in [-0.15, -0.1) is 0 Å². The first-order chi connectivity index (χ1) is 14.4. The van der Waals surface area contributed by atoms with Crippen molar-refractivity contribution >= 4 is 11.5 Å². The van der Waals surface area contributed by atoms with Crippen molar-refractivity contribution in [3.05, 3.63) is 77.9 Å². The summed E-state index contributed by atoms with van der Waals surface area (Å²) >= 11 is 0. The molecule has 1 aromatic heterocycles. The van der Waals surface area contributed by atoms with Crippen LogP contribution in [-0.4, -0.2) is 24.3 Å². The number of esters is 1. The maximum atomic E-state index is 14.1. The van der Waals surface area contributed by atoms with Crippen molar-refractivity contribution in [1.29, 1.82) is 0 Å². The Morgan fingerprint density at radius 2 is 1.87 bits per heavy atom. The number of halogens is 1. The number of carbonyl (C=O) groups excluding carboxylic acids is 1. The second-order valence-corrected chi connectivity index (χ2v) is 6.84. The highest BCUT2D eigenvalue weighted by Crippen LogP contribution is 2.34. The number of hydrogen-bond acceptors (Lipinski definition) is 4. The molecule has 0 N–H and O–H groups in total. The van der Waals surface area contributed by atoms with Gasteiger partial charge in [-0.05, 0) is 55.7 Å².